The molecule has 0 aliphatic rings. The number of thiophene rings is 1. The van der Waals surface area contributed by atoms with Gasteiger partial charge in [0.15, 0.2) is 0 Å². The van der Waals surface area contributed by atoms with Crippen LogP contribution in [-0.2, 0) is 17.8 Å². The Bertz CT molecular complexity index is 802. The van der Waals surface area contributed by atoms with Crippen LogP contribution < -0.4 is 11.0 Å². The van der Waals surface area contributed by atoms with Crippen LogP contribution in [0.2, 0.25) is 0 Å². The van der Waals surface area contributed by atoms with Crippen molar-refractivity contribution in [3.63, 3.8) is 0 Å². The van der Waals surface area contributed by atoms with Crippen LogP contribution in [0.3, 0.4) is 0 Å². The summed E-state index contributed by atoms with van der Waals surface area (Å²) in [6.07, 6.45) is 0.812. The maximum atomic E-state index is 12.0. The van der Waals surface area contributed by atoms with E-state index in [0.717, 1.165) is 17.5 Å². The molecule has 3 aromatic rings. The summed E-state index contributed by atoms with van der Waals surface area (Å²) in [4.78, 5) is 27.8. The second-order valence-corrected chi connectivity index (χ2v) is 5.75. The number of aromatic nitrogens is 2. The fraction of sp³-hybridized carbons (Fsp3) is 0.200. The van der Waals surface area contributed by atoms with E-state index in [1.807, 2.05) is 41.8 Å². The minimum absolute atomic E-state index is 0.0350. The number of amides is 1. The van der Waals surface area contributed by atoms with Gasteiger partial charge in [0.1, 0.15) is 6.54 Å². The number of carbonyl (C=O) groups is 1. The van der Waals surface area contributed by atoms with Gasteiger partial charge in [0.2, 0.25) is 5.91 Å². The highest BCUT2D eigenvalue weighted by atomic mass is 32.1. The highest BCUT2D eigenvalue weighted by Crippen LogP contribution is 2.09. The lowest BCUT2D eigenvalue weighted by molar-refractivity contribution is -0.121. The maximum absolute atomic E-state index is 12.0. The van der Waals surface area contributed by atoms with Gasteiger partial charge in [-0.1, -0.05) is 18.2 Å². The number of nitrogens with one attached hydrogen (secondary N) is 2. The summed E-state index contributed by atoms with van der Waals surface area (Å²) in [5.74, 6) is -0.154. The number of rotatable bonds is 5. The van der Waals surface area contributed by atoms with Crippen LogP contribution in [0.4, 0.5) is 0 Å². The molecular weight excluding hydrogens is 286 g/mol. The van der Waals surface area contributed by atoms with Gasteiger partial charge >= 0.3 is 5.69 Å². The molecule has 108 valence electrons. The topological polar surface area (TPSA) is 66.9 Å². The van der Waals surface area contributed by atoms with Gasteiger partial charge in [-0.3, -0.25) is 9.36 Å². The number of imidazole rings is 1. The summed E-state index contributed by atoms with van der Waals surface area (Å²) < 4.78 is 1.45. The molecule has 0 aliphatic carbocycles. The van der Waals surface area contributed by atoms with Crippen molar-refractivity contribution in [2.75, 3.05) is 6.54 Å². The molecule has 0 unspecified atom stereocenters. The molecule has 3 rings (SSSR count). The van der Waals surface area contributed by atoms with Crippen molar-refractivity contribution in [1.29, 1.82) is 0 Å². The molecule has 0 spiro atoms. The average Bonchev–Trinajstić information content (AvgIpc) is 3.08. The van der Waals surface area contributed by atoms with Gasteiger partial charge in [0, 0.05) is 11.4 Å². The lowest BCUT2D eigenvalue weighted by atomic mass is 10.3. The van der Waals surface area contributed by atoms with Gasteiger partial charge < -0.3 is 10.3 Å². The quantitative estimate of drug-likeness (QED) is 0.754. The van der Waals surface area contributed by atoms with Crippen LogP contribution in [0, 0.1) is 0 Å². The summed E-state index contributed by atoms with van der Waals surface area (Å²) in [7, 11) is 0. The fourth-order valence-corrected chi connectivity index (χ4v) is 2.95. The summed E-state index contributed by atoms with van der Waals surface area (Å²) >= 11 is 1.67. The number of para-hydroxylation sites is 2. The number of nitrogens with zero attached hydrogens (tertiary/aromatic N) is 1. The Morgan fingerprint density at radius 2 is 2.10 bits per heavy atom. The Morgan fingerprint density at radius 1 is 1.24 bits per heavy atom. The van der Waals surface area contributed by atoms with Crippen LogP contribution in [0.1, 0.15) is 4.88 Å². The molecule has 0 saturated heterocycles. The van der Waals surface area contributed by atoms with E-state index in [1.54, 1.807) is 11.3 Å². The van der Waals surface area contributed by atoms with Crippen molar-refractivity contribution in [3.8, 4) is 0 Å². The average molecular weight is 301 g/mol. The Kier molecular flexibility index (Phi) is 3.87. The normalized spacial score (nSPS) is 10.9. The predicted molar refractivity (Wildman–Crippen MR) is 83.6 cm³/mol. The second-order valence-electron chi connectivity index (χ2n) is 4.71. The number of hydrogen-bond acceptors (Lipinski definition) is 3. The van der Waals surface area contributed by atoms with E-state index < -0.39 is 0 Å². The van der Waals surface area contributed by atoms with Crippen LogP contribution >= 0.6 is 11.3 Å². The number of fused-ring (bicyclic) bond motifs is 1. The van der Waals surface area contributed by atoms with Crippen molar-refractivity contribution >= 4 is 28.3 Å². The molecule has 0 fully saturated rings. The van der Waals surface area contributed by atoms with Crippen LogP contribution in [0.5, 0.6) is 0 Å². The zero-order valence-electron chi connectivity index (χ0n) is 11.3. The van der Waals surface area contributed by atoms with E-state index in [-0.39, 0.29) is 18.1 Å². The van der Waals surface area contributed by atoms with E-state index in [2.05, 4.69) is 10.3 Å². The Balaban J connectivity index is 1.63. The molecule has 0 saturated carbocycles. The molecule has 0 aliphatic heterocycles. The van der Waals surface area contributed by atoms with Crippen molar-refractivity contribution < 1.29 is 4.79 Å². The van der Waals surface area contributed by atoms with Gasteiger partial charge in [-0.05, 0) is 30.0 Å². The molecule has 6 heteroatoms. The summed E-state index contributed by atoms with van der Waals surface area (Å²) in [6.45, 7) is 0.615. The van der Waals surface area contributed by atoms with E-state index >= 15 is 0 Å². The summed E-state index contributed by atoms with van der Waals surface area (Å²) in [5, 5.41) is 4.86. The number of hydrogen-bond donors (Lipinski definition) is 2. The van der Waals surface area contributed by atoms with Crippen LogP contribution in [0.25, 0.3) is 11.0 Å². The molecule has 2 N–H and O–H groups in total. The van der Waals surface area contributed by atoms with Gasteiger partial charge in [0.25, 0.3) is 0 Å². The van der Waals surface area contributed by atoms with Crippen molar-refractivity contribution in [2.24, 2.45) is 0 Å². The third-order valence-corrected chi connectivity index (χ3v) is 4.19. The van der Waals surface area contributed by atoms with Crippen molar-refractivity contribution in [3.05, 3.63) is 57.1 Å². The largest absolute Gasteiger partial charge is 0.354 e. The molecule has 0 bridgehead atoms. The third-order valence-electron chi connectivity index (χ3n) is 3.26. The maximum Gasteiger partial charge on any atom is 0.326 e. The lowest BCUT2D eigenvalue weighted by Crippen LogP contribution is -2.32. The van der Waals surface area contributed by atoms with Crippen molar-refractivity contribution in [2.45, 2.75) is 13.0 Å². The highest BCUT2D eigenvalue weighted by molar-refractivity contribution is 7.09. The Morgan fingerprint density at radius 3 is 2.90 bits per heavy atom. The number of carbonyl (C=O) groups excluding carboxylic acids is 1. The Labute approximate surface area is 125 Å². The molecule has 1 amide bonds. The molecule has 5 nitrogen and oxygen atoms in total. The first kappa shape index (κ1) is 13.6. The van der Waals surface area contributed by atoms with Crippen LogP contribution in [-0.4, -0.2) is 22.0 Å². The molecule has 0 radical (unpaired) electrons. The second kappa shape index (κ2) is 5.97. The predicted octanol–water partition coefficient (Wildman–Crippen LogP) is 1.75. The summed E-state index contributed by atoms with van der Waals surface area (Å²) in [5.41, 5.74) is 1.23. The zero-order valence-corrected chi connectivity index (χ0v) is 12.2. The first-order valence-corrected chi connectivity index (χ1v) is 7.58. The third kappa shape index (κ3) is 3.05. The van der Waals surface area contributed by atoms with E-state index in [4.69, 9.17) is 0 Å². The van der Waals surface area contributed by atoms with E-state index in [1.165, 1.54) is 9.44 Å². The zero-order chi connectivity index (χ0) is 14.7. The van der Waals surface area contributed by atoms with Gasteiger partial charge in [-0.15, -0.1) is 11.3 Å². The van der Waals surface area contributed by atoms with Gasteiger partial charge in [0.05, 0.1) is 11.0 Å². The van der Waals surface area contributed by atoms with E-state index in [0.29, 0.717) is 6.54 Å². The molecule has 2 heterocycles. The smallest absolute Gasteiger partial charge is 0.326 e. The number of benzene rings is 1. The minimum Gasteiger partial charge on any atom is -0.354 e. The first-order valence-electron chi connectivity index (χ1n) is 6.70. The van der Waals surface area contributed by atoms with E-state index in [9.17, 15) is 9.59 Å². The lowest BCUT2D eigenvalue weighted by Gasteiger charge is -2.05. The minimum atomic E-state index is -0.260. The Hall–Kier alpha value is -2.34. The first-order chi connectivity index (χ1) is 10.2. The molecular formula is C15H15N3O2S. The van der Waals surface area contributed by atoms with Gasteiger partial charge in [-0.2, -0.15) is 0 Å². The number of aromatic amines is 1. The molecule has 2 aromatic heterocycles. The molecule has 0 atom stereocenters. The fourth-order valence-electron chi connectivity index (χ4n) is 2.24. The van der Waals surface area contributed by atoms with Crippen LogP contribution in [0.15, 0.2) is 46.6 Å². The monoisotopic (exact) mass is 301 g/mol. The number of H-pyrrole nitrogens is 1. The van der Waals surface area contributed by atoms with Gasteiger partial charge in [-0.25, -0.2) is 4.79 Å². The SMILES string of the molecule is O=C(Cn1c(=O)[nH]c2ccccc21)NCCc1cccs1. The summed E-state index contributed by atoms with van der Waals surface area (Å²) in [6, 6.07) is 11.4. The molecule has 1 aromatic carbocycles. The molecule has 21 heavy (non-hydrogen) atoms. The van der Waals surface area contributed by atoms with Crippen molar-refractivity contribution in [1.82, 2.24) is 14.9 Å². The highest BCUT2D eigenvalue weighted by Gasteiger charge is 2.09. The standard InChI is InChI=1S/C15H15N3O2S/c19-14(16-8-7-11-4-3-9-21-11)10-18-13-6-2-1-5-12(13)17-15(18)20/h1-6,9H,7-8,10H2,(H,16,19)(H,17,20).